The topological polar surface area (TPSA) is 168 Å². The number of carbonyl (C=O) groups excluding carboxylic acids is 1. The van der Waals surface area contributed by atoms with E-state index in [1.54, 1.807) is 0 Å². The van der Waals surface area contributed by atoms with Crippen LogP contribution in [0.1, 0.15) is 28.8 Å². The molecule has 0 aliphatic carbocycles. The average molecular weight is 540 g/mol. The van der Waals surface area contributed by atoms with Crippen LogP contribution in [0.4, 0.5) is 0 Å². The normalized spacial score (nSPS) is 14.6. The Kier molecular flexibility index (Phi) is 8.35. The molecule has 3 N–H and O–H groups in total. The summed E-state index contributed by atoms with van der Waals surface area (Å²) in [6.45, 7) is 0.787. The highest BCUT2D eigenvalue weighted by Gasteiger charge is 2.28. The van der Waals surface area contributed by atoms with E-state index in [0.29, 0.717) is 13.1 Å². The van der Waals surface area contributed by atoms with E-state index in [1.807, 2.05) is 4.83 Å². The molecular weight excluding hydrogens is 514 g/mol. The number of ether oxygens (including phenoxy) is 2. The van der Waals surface area contributed by atoms with Crippen molar-refractivity contribution in [2.24, 2.45) is 0 Å². The van der Waals surface area contributed by atoms with Crippen LogP contribution >= 0.6 is 0 Å². The molecule has 36 heavy (non-hydrogen) atoms. The molecule has 1 heterocycles. The zero-order valence-electron chi connectivity index (χ0n) is 19.4. The van der Waals surface area contributed by atoms with Gasteiger partial charge < -0.3 is 14.6 Å². The van der Waals surface area contributed by atoms with Crippen LogP contribution in [-0.2, 0) is 24.8 Å². The summed E-state index contributed by atoms with van der Waals surface area (Å²) in [5, 5.41) is 8.85. The second kappa shape index (κ2) is 11.1. The minimum Gasteiger partial charge on any atom is -0.493 e. The fraction of sp³-hybridized carbons (Fsp3) is 0.273. The SMILES string of the molecule is COc1cc(C=CC(=O)O)cc(S(=O)(=O)NNC(=O)c2cccc(S(=O)(=O)N3CCCC3)c2)c1OC. The van der Waals surface area contributed by atoms with Gasteiger partial charge in [-0.25, -0.2) is 21.6 Å². The standard InChI is InChI=1S/C22H25N3O9S2/c1-33-18-12-15(8-9-20(26)27)13-19(21(18)34-2)35(29,30)24-23-22(28)16-6-5-7-17(14-16)36(31,32)25-10-3-4-11-25/h5-9,12-14,24H,3-4,10-11H2,1-2H3,(H,23,28)(H,26,27). The molecule has 2 aromatic rings. The number of amides is 1. The van der Waals surface area contributed by atoms with Gasteiger partial charge in [-0.15, -0.1) is 4.83 Å². The van der Waals surface area contributed by atoms with Crippen LogP contribution < -0.4 is 19.7 Å². The van der Waals surface area contributed by atoms with Crippen LogP contribution in [0.3, 0.4) is 0 Å². The first kappa shape index (κ1) is 27.1. The lowest BCUT2D eigenvalue weighted by atomic mass is 10.2. The van der Waals surface area contributed by atoms with Crippen molar-refractivity contribution in [2.45, 2.75) is 22.6 Å². The van der Waals surface area contributed by atoms with Crippen LogP contribution in [0.2, 0.25) is 0 Å². The first-order valence-electron chi connectivity index (χ1n) is 10.6. The molecule has 3 rings (SSSR count). The molecule has 2 aromatic carbocycles. The fourth-order valence-electron chi connectivity index (χ4n) is 3.53. The van der Waals surface area contributed by atoms with Crippen molar-refractivity contribution in [2.75, 3.05) is 27.3 Å². The number of hydrazine groups is 1. The van der Waals surface area contributed by atoms with Crippen LogP contribution in [0.25, 0.3) is 6.08 Å². The first-order chi connectivity index (χ1) is 17.0. The lowest BCUT2D eigenvalue weighted by molar-refractivity contribution is -0.131. The molecule has 0 unspecified atom stereocenters. The third kappa shape index (κ3) is 6.02. The maximum absolute atomic E-state index is 13.0. The molecule has 1 amide bonds. The van der Waals surface area contributed by atoms with Crippen molar-refractivity contribution < 1.29 is 41.0 Å². The van der Waals surface area contributed by atoms with Gasteiger partial charge in [0.25, 0.3) is 15.9 Å². The van der Waals surface area contributed by atoms with Crippen LogP contribution in [-0.4, -0.2) is 65.4 Å². The van der Waals surface area contributed by atoms with Gasteiger partial charge in [0, 0.05) is 24.7 Å². The highest BCUT2D eigenvalue weighted by Crippen LogP contribution is 2.36. The van der Waals surface area contributed by atoms with Gasteiger partial charge in [0.1, 0.15) is 4.90 Å². The number of nitrogens with one attached hydrogen (secondary N) is 2. The smallest absolute Gasteiger partial charge is 0.328 e. The number of carboxylic acids is 1. The lowest BCUT2D eigenvalue weighted by Crippen LogP contribution is -2.41. The summed E-state index contributed by atoms with van der Waals surface area (Å²) < 4.78 is 63.2. The first-order valence-corrected chi connectivity index (χ1v) is 13.5. The molecule has 1 aliphatic rings. The van der Waals surface area contributed by atoms with Crippen LogP contribution in [0, 0.1) is 0 Å². The van der Waals surface area contributed by atoms with E-state index >= 15 is 0 Å². The molecule has 0 radical (unpaired) electrons. The molecule has 1 aliphatic heterocycles. The summed E-state index contributed by atoms with van der Waals surface area (Å²) in [5.41, 5.74) is 2.15. The van der Waals surface area contributed by atoms with Gasteiger partial charge in [-0.3, -0.25) is 10.2 Å². The molecule has 14 heteroatoms. The highest BCUT2D eigenvalue weighted by molar-refractivity contribution is 7.89. The Hall–Kier alpha value is -3.46. The fourth-order valence-corrected chi connectivity index (χ4v) is 6.15. The Labute approximate surface area is 208 Å². The largest absolute Gasteiger partial charge is 0.493 e. The summed E-state index contributed by atoms with van der Waals surface area (Å²) >= 11 is 0. The second-order valence-electron chi connectivity index (χ2n) is 7.62. The Balaban J connectivity index is 1.86. The molecule has 1 saturated heterocycles. The number of sulfonamides is 2. The summed E-state index contributed by atoms with van der Waals surface area (Å²) in [4.78, 5) is 24.9. The van der Waals surface area contributed by atoms with Gasteiger partial charge in [0.15, 0.2) is 11.5 Å². The average Bonchev–Trinajstić information content (AvgIpc) is 3.41. The van der Waals surface area contributed by atoms with Crippen molar-refractivity contribution in [3.8, 4) is 11.5 Å². The van der Waals surface area contributed by atoms with Gasteiger partial charge in [0.2, 0.25) is 10.0 Å². The molecule has 1 fully saturated rings. The lowest BCUT2D eigenvalue weighted by Gasteiger charge is -2.16. The van der Waals surface area contributed by atoms with Gasteiger partial charge in [0.05, 0.1) is 19.1 Å². The third-order valence-corrected chi connectivity index (χ3v) is 8.42. The number of carboxylic acid groups (broad SMARTS) is 1. The number of hydrogen-bond donors (Lipinski definition) is 3. The molecular formula is C22H25N3O9S2. The second-order valence-corrected chi connectivity index (χ2v) is 11.2. The van der Waals surface area contributed by atoms with E-state index in [4.69, 9.17) is 14.6 Å². The Bertz CT molecular complexity index is 1400. The van der Waals surface area contributed by atoms with Gasteiger partial charge >= 0.3 is 5.97 Å². The number of rotatable bonds is 10. The van der Waals surface area contributed by atoms with E-state index in [2.05, 4.69) is 5.43 Å². The molecule has 194 valence electrons. The number of hydrogen-bond acceptors (Lipinski definition) is 8. The number of benzene rings is 2. The quantitative estimate of drug-likeness (QED) is 0.297. The highest BCUT2D eigenvalue weighted by atomic mass is 32.2. The monoisotopic (exact) mass is 539 g/mol. The zero-order valence-corrected chi connectivity index (χ0v) is 21.1. The zero-order chi connectivity index (χ0) is 26.5. The van der Waals surface area contributed by atoms with Crippen molar-refractivity contribution >= 4 is 38.0 Å². The van der Waals surface area contributed by atoms with Gasteiger partial charge in [-0.05, 0) is 54.8 Å². The number of nitrogens with zero attached hydrogens (tertiary/aromatic N) is 1. The van der Waals surface area contributed by atoms with E-state index < -0.39 is 36.8 Å². The van der Waals surface area contributed by atoms with Crippen molar-refractivity contribution in [1.29, 1.82) is 0 Å². The Morgan fingerprint density at radius 1 is 1.03 bits per heavy atom. The molecule has 0 saturated carbocycles. The van der Waals surface area contributed by atoms with Crippen molar-refractivity contribution in [1.82, 2.24) is 14.6 Å². The summed E-state index contributed by atoms with van der Waals surface area (Å²) in [6.07, 6.45) is 3.48. The number of methoxy groups -OCH3 is 2. The minimum absolute atomic E-state index is 0.0107. The van der Waals surface area contributed by atoms with Crippen LogP contribution in [0.15, 0.2) is 52.3 Å². The maximum atomic E-state index is 13.0. The summed E-state index contributed by atoms with van der Waals surface area (Å²) in [6, 6.07) is 7.77. The van der Waals surface area contributed by atoms with Crippen molar-refractivity contribution in [3.05, 3.63) is 53.6 Å². The molecule has 0 bridgehead atoms. The number of carbonyl (C=O) groups is 2. The molecule has 0 atom stereocenters. The van der Waals surface area contributed by atoms with E-state index in [9.17, 15) is 26.4 Å². The van der Waals surface area contributed by atoms with E-state index in [-0.39, 0.29) is 27.5 Å². The van der Waals surface area contributed by atoms with Gasteiger partial charge in [-0.2, -0.15) is 4.31 Å². The van der Waals surface area contributed by atoms with Gasteiger partial charge in [-0.1, -0.05) is 6.07 Å². The van der Waals surface area contributed by atoms with Crippen molar-refractivity contribution in [3.63, 3.8) is 0 Å². The predicted octanol–water partition coefficient (Wildman–Crippen LogP) is 1.21. The van der Waals surface area contributed by atoms with E-state index in [0.717, 1.165) is 37.1 Å². The Morgan fingerprint density at radius 2 is 1.72 bits per heavy atom. The van der Waals surface area contributed by atoms with Crippen LogP contribution in [0.5, 0.6) is 11.5 Å². The summed E-state index contributed by atoms with van der Waals surface area (Å²) in [7, 11) is -5.73. The molecule has 0 aromatic heterocycles. The summed E-state index contributed by atoms with van der Waals surface area (Å²) in [5.74, 6) is -2.31. The number of aliphatic carboxylic acids is 1. The predicted molar refractivity (Wildman–Crippen MR) is 128 cm³/mol. The third-order valence-electron chi connectivity index (χ3n) is 5.27. The Morgan fingerprint density at radius 3 is 2.33 bits per heavy atom. The molecule has 0 spiro atoms. The van der Waals surface area contributed by atoms with E-state index in [1.165, 1.54) is 42.8 Å². The maximum Gasteiger partial charge on any atom is 0.328 e. The molecule has 12 nitrogen and oxygen atoms in total. The minimum atomic E-state index is -4.45.